The molecule has 1 heterocycles. The minimum Gasteiger partial charge on any atom is -0.396 e. The second kappa shape index (κ2) is 4.52. The summed E-state index contributed by atoms with van der Waals surface area (Å²) in [5.74, 6) is 0.485. The van der Waals surface area contributed by atoms with E-state index in [1.807, 2.05) is 13.0 Å². The van der Waals surface area contributed by atoms with Gasteiger partial charge < -0.3 is 5.11 Å². The van der Waals surface area contributed by atoms with Crippen molar-refractivity contribution in [3.05, 3.63) is 34.3 Å². The van der Waals surface area contributed by atoms with E-state index in [-0.39, 0.29) is 0 Å². The van der Waals surface area contributed by atoms with Gasteiger partial charge in [-0.25, -0.2) is 0 Å². The zero-order chi connectivity index (χ0) is 10.8. The topological polar surface area (TPSA) is 23.5 Å². The predicted octanol–water partition coefficient (Wildman–Crippen LogP) is 2.07. The molecule has 82 valence electrons. The van der Waals surface area contributed by atoms with Crippen molar-refractivity contribution in [2.45, 2.75) is 13.5 Å². The van der Waals surface area contributed by atoms with Crippen molar-refractivity contribution in [2.75, 3.05) is 19.7 Å². The van der Waals surface area contributed by atoms with E-state index in [0.717, 1.165) is 30.2 Å². The smallest absolute Gasteiger partial charge is 0.0483 e. The molecule has 0 amide bonds. The number of nitrogens with zero attached hydrogens (tertiary/aromatic N) is 1. The van der Waals surface area contributed by atoms with Gasteiger partial charge in [-0.2, -0.15) is 0 Å². The van der Waals surface area contributed by atoms with Gasteiger partial charge in [0, 0.05) is 37.2 Å². The van der Waals surface area contributed by atoms with Crippen LogP contribution in [-0.4, -0.2) is 29.7 Å². The van der Waals surface area contributed by atoms with Crippen molar-refractivity contribution in [1.82, 2.24) is 4.90 Å². The number of aliphatic hydroxyl groups excluding tert-OH is 1. The first-order valence-electron chi connectivity index (χ1n) is 5.27. The first kappa shape index (κ1) is 10.9. The van der Waals surface area contributed by atoms with E-state index in [1.165, 1.54) is 5.56 Å². The monoisotopic (exact) mass is 225 g/mol. The Labute approximate surface area is 95.5 Å². The third-order valence-corrected chi connectivity index (χ3v) is 3.34. The molecule has 0 aromatic heterocycles. The van der Waals surface area contributed by atoms with E-state index in [0.29, 0.717) is 12.5 Å². The van der Waals surface area contributed by atoms with Crippen LogP contribution in [0.1, 0.15) is 11.1 Å². The summed E-state index contributed by atoms with van der Waals surface area (Å²) in [6.45, 7) is 5.33. The Kier molecular flexibility index (Phi) is 3.29. The highest BCUT2D eigenvalue weighted by Crippen LogP contribution is 2.21. The molecule has 0 spiro atoms. The van der Waals surface area contributed by atoms with Crippen molar-refractivity contribution in [3.63, 3.8) is 0 Å². The number of rotatable bonds is 3. The fourth-order valence-electron chi connectivity index (χ4n) is 1.98. The van der Waals surface area contributed by atoms with Crippen molar-refractivity contribution >= 4 is 11.6 Å². The number of aliphatic hydroxyl groups is 1. The van der Waals surface area contributed by atoms with Crippen molar-refractivity contribution in [2.24, 2.45) is 5.92 Å². The Morgan fingerprint density at radius 1 is 1.47 bits per heavy atom. The van der Waals surface area contributed by atoms with Gasteiger partial charge in [0.25, 0.3) is 0 Å². The molecule has 1 saturated heterocycles. The molecule has 3 heteroatoms. The summed E-state index contributed by atoms with van der Waals surface area (Å²) in [6, 6.07) is 6.16. The van der Waals surface area contributed by atoms with Gasteiger partial charge >= 0.3 is 0 Å². The van der Waals surface area contributed by atoms with Gasteiger partial charge in [-0.15, -0.1) is 0 Å². The van der Waals surface area contributed by atoms with Gasteiger partial charge in [0.05, 0.1) is 0 Å². The summed E-state index contributed by atoms with van der Waals surface area (Å²) in [5.41, 5.74) is 2.43. The minimum atomic E-state index is 0.316. The summed E-state index contributed by atoms with van der Waals surface area (Å²) in [6.07, 6.45) is 0. The van der Waals surface area contributed by atoms with Crippen LogP contribution in [0.5, 0.6) is 0 Å². The van der Waals surface area contributed by atoms with E-state index in [2.05, 4.69) is 17.0 Å². The number of benzene rings is 1. The van der Waals surface area contributed by atoms with Gasteiger partial charge in [0.15, 0.2) is 0 Å². The third kappa shape index (κ3) is 2.51. The quantitative estimate of drug-likeness (QED) is 0.852. The average Bonchev–Trinajstić information content (AvgIpc) is 2.16. The Morgan fingerprint density at radius 2 is 2.20 bits per heavy atom. The van der Waals surface area contributed by atoms with Crippen molar-refractivity contribution in [3.8, 4) is 0 Å². The van der Waals surface area contributed by atoms with E-state index >= 15 is 0 Å². The zero-order valence-electron chi connectivity index (χ0n) is 8.91. The van der Waals surface area contributed by atoms with Gasteiger partial charge in [0.1, 0.15) is 0 Å². The summed E-state index contributed by atoms with van der Waals surface area (Å²) in [5, 5.41) is 9.74. The van der Waals surface area contributed by atoms with Crippen LogP contribution in [0.25, 0.3) is 0 Å². The molecule has 0 radical (unpaired) electrons. The first-order valence-corrected chi connectivity index (χ1v) is 5.65. The van der Waals surface area contributed by atoms with Gasteiger partial charge in [-0.1, -0.05) is 23.7 Å². The SMILES string of the molecule is Cc1cc(CN2CC(CO)C2)ccc1Cl. The van der Waals surface area contributed by atoms with E-state index in [4.69, 9.17) is 16.7 Å². The van der Waals surface area contributed by atoms with E-state index < -0.39 is 0 Å². The molecule has 1 fully saturated rings. The molecule has 0 unspecified atom stereocenters. The predicted molar refractivity (Wildman–Crippen MR) is 62.0 cm³/mol. The Bertz CT molecular complexity index is 347. The molecule has 0 aliphatic carbocycles. The van der Waals surface area contributed by atoms with Gasteiger partial charge in [-0.3, -0.25) is 4.90 Å². The molecule has 1 aromatic rings. The second-order valence-electron chi connectivity index (χ2n) is 4.33. The largest absolute Gasteiger partial charge is 0.396 e. The van der Waals surface area contributed by atoms with Gasteiger partial charge in [0.2, 0.25) is 0 Å². The standard InChI is InChI=1S/C12H16ClNO/c1-9-4-10(2-3-12(9)13)5-14-6-11(7-14)8-15/h2-4,11,15H,5-8H2,1H3. The number of likely N-dealkylation sites (tertiary alicyclic amines) is 1. The molecule has 1 aromatic carbocycles. The highest BCUT2D eigenvalue weighted by molar-refractivity contribution is 6.31. The summed E-state index contributed by atoms with van der Waals surface area (Å²) in [4.78, 5) is 2.34. The Hall–Kier alpha value is -0.570. The van der Waals surface area contributed by atoms with Crippen LogP contribution in [0.3, 0.4) is 0 Å². The molecule has 1 aliphatic heterocycles. The molecular formula is C12H16ClNO. The molecule has 2 nitrogen and oxygen atoms in total. The lowest BCUT2D eigenvalue weighted by atomic mass is 10.00. The maximum atomic E-state index is 8.91. The second-order valence-corrected chi connectivity index (χ2v) is 4.73. The minimum absolute atomic E-state index is 0.316. The maximum absolute atomic E-state index is 8.91. The molecule has 2 rings (SSSR count). The van der Waals surface area contributed by atoms with Crippen LogP contribution >= 0.6 is 11.6 Å². The first-order chi connectivity index (χ1) is 7.19. The molecular weight excluding hydrogens is 210 g/mol. The maximum Gasteiger partial charge on any atom is 0.0483 e. The molecule has 0 saturated carbocycles. The molecule has 1 N–H and O–H groups in total. The zero-order valence-corrected chi connectivity index (χ0v) is 9.67. The Balaban J connectivity index is 1.92. The van der Waals surface area contributed by atoms with Crippen LogP contribution in [0, 0.1) is 12.8 Å². The summed E-state index contributed by atoms with van der Waals surface area (Å²) >= 11 is 5.96. The number of hydrogen-bond donors (Lipinski definition) is 1. The third-order valence-electron chi connectivity index (χ3n) is 2.92. The van der Waals surface area contributed by atoms with Crippen molar-refractivity contribution < 1.29 is 5.11 Å². The van der Waals surface area contributed by atoms with Crippen molar-refractivity contribution in [1.29, 1.82) is 0 Å². The van der Waals surface area contributed by atoms with Crippen LogP contribution in [0.15, 0.2) is 18.2 Å². The van der Waals surface area contributed by atoms with Gasteiger partial charge in [-0.05, 0) is 24.1 Å². The number of halogens is 1. The highest BCUT2D eigenvalue weighted by atomic mass is 35.5. The normalized spacial score (nSPS) is 17.8. The lowest BCUT2D eigenvalue weighted by Gasteiger charge is -2.38. The summed E-state index contributed by atoms with van der Waals surface area (Å²) in [7, 11) is 0. The average molecular weight is 226 g/mol. The molecule has 0 atom stereocenters. The lowest BCUT2D eigenvalue weighted by molar-refractivity contribution is 0.0479. The van der Waals surface area contributed by atoms with E-state index in [1.54, 1.807) is 0 Å². The molecule has 0 bridgehead atoms. The molecule has 1 aliphatic rings. The fraction of sp³-hybridized carbons (Fsp3) is 0.500. The Morgan fingerprint density at radius 3 is 2.80 bits per heavy atom. The molecule has 15 heavy (non-hydrogen) atoms. The fourth-order valence-corrected chi connectivity index (χ4v) is 2.10. The van der Waals surface area contributed by atoms with Crippen LogP contribution < -0.4 is 0 Å². The van der Waals surface area contributed by atoms with Crippen LogP contribution in [0.2, 0.25) is 5.02 Å². The highest BCUT2D eigenvalue weighted by Gasteiger charge is 2.25. The van der Waals surface area contributed by atoms with Crippen LogP contribution in [0.4, 0.5) is 0 Å². The van der Waals surface area contributed by atoms with Crippen LogP contribution in [-0.2, 0) is 6.54 Å². The summed E-state index contributed by atoms with van der Waals surface area (Å²) < 4.78 is 0. The lowest BCUT2D eigenvalue weighted by Crippen LogP contribution is -2.47. The number of aryl methyl sites for hydroxylation is 1. The number of hydrogen-bond acceptors (Lipinski definition) is 2. The van der Waals surface area contributed by atoms with E-state index in [9.17, 15) is 0 Å².